The summed E-state index contributed by atoms with van der Waals surface area (Å²) in [5, 5.41) is 14.7. The Morgan fingerprint density at radius 3 is 2.69 bits per heavy atom. The number of aryl methyl sites for hydroxylation is 2. The van der Waals surface area contributed by atoms with Crippen molar-refractivity contribution in [3.8, 4) is 0 Å². The summed E-state index contributed by atoms with van der Waals surface area (Å²) in [5.74, 6) is 0. The highest BCUT2D eigenvalue weighted by Crippen LogP contribution is 2.03. The lowest BCUT2D eigenvalue weighted by molar-refractivity contribution is 0.682. The first-order valence-corrected chi connectivity index (χ1v) is 4.47. The Morgan fingerprint density at radius 2 is 2.00 bits per heavy atom. The van der Waals surface area contributed by atoms with Gasteiger partial charge in [-0.25, -0.2) is 0 Å². The highest BCUT2D eigenvalue weighted by molar-refractivity contribution is 5.04. The monoisotopic (exact) mass is 178 g/mol. The first kappa shape index (κ1) is 9.77. The minimum Gasteiger partial charge on any atom is -0.132 e. The van der Waals surface area contributed by atoms with Gasteiger partial charge in [0, 0.05) is 0 Å². The molecule has 0 unspecified atom stereocenters. The third-order valence-corrected chi connectivity index (χ3v) is 1.84. The Bertz CT molecular complexity index is 283. The van der Waals surface area contributed by atoms with Gasteiger partial charge in [-0.2, -0.15) is 0 Å². The Kier molecular flexibility index (Phi) is 4.02. The van der Waals surface area contributed by atoms with E-state index in [1.54, 1.807) is 0 Å². The van der Waals surface area contributed by atoms with Crippen LogP contribution in [0, 0.1) is 6.92 Å². The standard InChI is InChI=1S/C9H14N4/c1-3-4-5-6-7-9-8(2)10-12-13-11-9/h3-4H,5-7H2,1-2H3/b4-3-. The van der Waals surface area contributed by atoms with Gasteiger partial charge >= 0.3 is 0 Å². The maximum atomic E-state index is 3.93. The molecule has 0 aliphatic rings. The second kappa shape index (κ2) is 5.35. The van der Waals surface area contributed by atoms with Crippen LogP contribution in [0.15, 0.2) is 12.2 Å². The van der Waals surface area contributed by atoms with Crippen LogP contribution >= 0.6 is 0 Å². The van der Waals surface area contributed by atoms with Crippen molar-refractivity contribution >= 4 is 0 Å². The zero-order valence-corrected chi connectivity index (χ0v) is 8.06. The number of aromatic nitrogens is 4. The molecule has 0 spiro atoms. The number of rotatable bonds is 4. The van der Waals surface area contributed by atoms with Crippen LogP contribution in [0.3, 0.4) is 0 Å². The lowest BCUT2D eigenvalue weighted by Gasteiger charge is -1.98. The normalized spacial score (nSPS) is 10.9. The van der Waals surface area contributed by atoms with Crippen LogP contribution in [-0.4, -0.2) is 20.6 Å². The molecule has 0 aromatic carbocycles. The molecule has 0 aliphatic heterocycles. The molecule has 0 aliphatic carbocycles. The molecule has 4 heteroatoms. The molecular formula is C9H14N4. The van der Waals surface area contributed by atoms with E-state index in [4.69, 9.17) is 0 Å². The molecule has 0 bridgehead atoms. The highest BCUT2D eigenvalue weighted by Gasteiger charge is 2.00. The van der Waals surface area contributed by atoms with E-state index in [-0.39, 0.29) is 0 Å². The molecule has 13 heavy (non-hydrogen) atoms. The SMILES string of the molecule is C/C=C\CCCc1nnnnc1C. The lowest BCUT2D eigenvalue weighted by Crippen LogP contribution is -2.02. The maximum absolute atomic E-state index is 3.93. The molecule has 1 rings (SSSR count). The van der Waals surface area contributed by atoms with Gasteiger partial charge < -0.3 is 0 Å². The summed E-state index contributed by atoms with van der Waals surface area (Å²) < 4.78 is 0. The van der Waals surface area contributed by atoms with Crippen molar-refractivity contribution in [2.24, 2.45) is 0 Å². The number of allylic oxidation sites excluding steroid dienone is 2. The van der Waals surface area contributed by atoms with Gasteiger partial charge in [0.25, 0.3) is 0 Å². The van der Waals surface area contributed by atoms with Crippen LogP contribution in [0.25, 0.3) is 0 Å². The Balaban J connectivity index is 2.41. The van der Waals surface area contributed by atoms with Gasteiger partial charge in [0.15, 0.2) is 0 Å². The van der Waals surface area contributed by atoms with E-state index < -0.39 is 0 Å². The second-order valence-electron chi connectivity index (χ2n) is 2.87. The number of hydrogen-bond donors (Lipinski definition) is 0. The fourth-order valence-electron chi connectivity index (χ4n) is 1.08. The Hall–Kier alpha value is -1.32. The molecule has 0 saturated carbocycles. The van der Waals surface area contributed by atoms with Crippen LogP contribution in [0.2, 0.25) is 0 Å². The molecule has 0 saturated heterocycles. The molecule has 0 amide bonds. The van der Waals surface area contributed by atoms with Gasteiger partial charge in [0.05, 0.1) is 11.4 Å². The summed E-state index contributed by atoms with van der Waals surface area (Å²) >= 11 is 0. The fraction of sp³-hybridized carbons (Fsp3) is 0.556. The predicted octanol–water partition coefficient (Wildman–Crippen LogP) is 1.47. The fourth-order valence-corrected chi connectivity index (χ4v) is 1.08. The van der Waals surface area contributed by atoms with E-state index in [9.17, 15) is 0 Å². The quantitative estimate of drug-likeness (QED) is 0.517. The first-order chi connectivity index (χ1) is 6.34. The summed E-state index contributed by atoms with van der Waals surface area (Å²) in [6.45, 7) is 3.94. The van der Waals surface area contributed by atoms with E-state index in [0.717, 1.165) is 30.7 Å². The van der Waals surface area contributed by atoms with Gasteiger partial charge in [-0.3, -0.25) is 0 Å². The van der Waals surface area contributed by atoms with Crippen molar-refractivity contribution in [2.75, 3.05) is 0 Å². The maximum Gasteiger partial charge on any atom is 0.0880 e. The van der Waals surface area contributed by atoms with Crippen LogP contribution in [0.5, 0.6) is 0 Å². The van der Waals surface area contributed by atoms with Crippen LogP contribution in [0.1, 0.15) is 31.2 Å². The average molecular weight is 178 g/mol. The van der Waals surface area contributed by atoms with E-state index in [1.807, 2.05) is 13.8 Å². The molecule has 4 nitrogen and oxygen atoms in total. The molecule has 0 N–H and O–H groups in total. The molecule has 0 fully saturated rings. The van der Waals surface area contributed by atoms with Crippen LogP contribution in [-0.2, 0) is 6.42 Å². The van der Waals surface area contributed by atoms with Gasteiger partial charge in [-0.1, -0.05) is 12.2 Å². The Labute approximate surface area is 78.1 Å². The molecule has 1 heterocycles. The zero-order chi connectivity index (χ0) is 9.52. The van der Waals surface area contributed by atoms with Crippen molar-refractivity contribution in [1.82, 2.24) is 20.6 Å². The lowest BCUT2D eigenvalue weighted by atomic mass is 10.1. The summed E-state index contributed by atoms with van der Waals surface area (Å²) in [4.78, 5) is 0. The zero-order valence-electron chi connectivity index (χ0n) is 8.06. The molecule has 0 atom stereocenters. The van der Waals surface area contributed by atoms with Gasteiger partial charge in [-0.15, -0.1) is 10.2 Å². The third-order valence-electron chi connectivity index (χ3n) is 1.84. The first-order valence-electron chi connectivity index (χ1n) is 4.47. The van der Waals surface area contributed by atoms with Crippen molar-refractivity contribution in [1.29, 1.82) is 0 Å². The van der Waals surface area contributed by atoms with Crippen molar-refractivity contribution < 1.29 is 0 Å². The largest absolute Gasteiger partial charge is 0.132 e. The molecular weight excluding hydrogens is 164 g/mol. The van der Waals surface area contributed by atoms with Crippen molar-refractivity contribution in [3.05, 3.63) is 23.5 Å². The van der Waals surface area contributed by atoms with Gasteiger partial charge in [0.1, 0.15) is 0 Å². The van der Waals surface area contributed by atoms with E-state index in [1.165, 1.54) is 0 Å². The molecule has 70 valence electrons. The molecule has 1 aromatic rings. The summed E-state index contributed by atoms with van der Waals surface area (Å²) in [5.41, 5.74) is 1.84. The molecule has 0 radical (unpaired) electrons. The van der Waals surface area contributed by atoms with E-state index >= 15 is 0 Å². The highest BCUT2D eigenvalue weighted by atomic mass is 15.4. The van der Waals surface area contributed by atoms with Gasteiger partial charge in [-0.05, 0) is 43.5 Å². The van der Waals surface area contributed by atoms with Gasteiger partial charge in [0.2, 0.25) is 0 Å². The second-order valence-corrected chi connectivity index (χ2v) is 2.87. The number of unbranched alkanes of at least 4 members (excludes halogenated alkanes) is 1. The van der Waals surface area contributed by atoms with E-state index in [0.29, 0.717) is 0 Å². The third kappa shape index (κ3) is 3.27. The predicted molar refractivity (Wildman–Crippen MR) is 50.1 cm³/mol. The summed E-state index contributed by atoms with van der Waals surface area (Å²) in [6, 6.07) is 0. The average Bonchev–Trinajstić information content (AvgIpc) is 2.15. The van der Waals surface area contributed by atoms with Crippen LogP contribution < -0.4 is 0 Å². The van der Waals surface area contributed by atoms with Crippen molar-refractivity contribution in [3.63, 3.8) is 0 Å². The molecule has 1 aromatic heterocycles. The summed E-state index contributed by atoms with van der Waals surface area (Å²) in [7, 11) is 0. The minimum atomic E-state index is 0.885. The number of hydrogen-bond acceptors (Lipinski definition) is 4. The summed E-state index contributed by atoms with van der Waals surface area (Å²) in [6.07, 6.45) is 7.31. The Morgan fingerprint density at radius 1 is 1.23 bits per heavy atom. The minimum absolute atomic E-state index is 0.885. The number of nitrogens with zero attached hydrogens (tertiary/aromatic N) is 4. The smallest absolute Gasteiger partial charge is 0.0880 e. The van der Waals surface area contributed by atoms with Crippen LogP contribution in [0.4, 0.5) is 0 Å². The van der Waals surface area contributed by atoms with E-state index in [2.05, 4.69) is 32.8 Å². The van der Waals surface area contributed by atoms with Crippen molar-refractivity contribution in [2.45, 2.75) is 33.1 Å². The topological polar surface area (TPSA) is 51.6 Å².